The van der Waals surface area contributed by atoms with Crippen LogP contribution in [0.1, 0.15) is 24.8 Å². The second kappa shape index (κ2) is 9.19. The lowest BCUT2D eigenvalue weighted by Crippen LogP contribution is -2.57. The van der Waals surface area contributed by atoms with Crippen LogP contribution < -0.4 is 10.1 Å². The number of rotatable bonds is 7. The van der Waals surface area contributed by atoms with Crippen LogP contribution in [0.15, 0.2) is 30.3 Å². The normalized spacial score (nSPS) is 24.1. The number of likely N-dealkylation sites (N-methyl/N-ethyl adjacent to an activating group) is 1. The fourth-order valence-electron chi connectivity index (χ4n) is 4.25. The van der Waals surface area contributed by atoms with Gasteiger partial charge >= 0.3 is 0 Å². The molecule has 1 amide bonds. The lowest BCUT2D eigenvalue weighted by Gasteiger charge is -2.47. The Labute approximate surface area is 157 Å². The maximum Gasteiger partial charge on any atom is 0.222 e. The van der Waals surface area contributed by atoms with Crippen LogP contribution in [0.5, 0.6) is 5.75 Å². The summed E-state index contributed by atoms with van der Waals surface area (Å²) in [6.07, 6.45) is 7.20. The van der Waals surface area contributed by atoms with Gasteiger partial charge < -0.3 is 15.0 Å². The molecule has 0 unspecified atom stereocenters. The number of piperidine rings is 2. The number of carbonyl (C=O) groups is 1. The maximum atomic E-state index is 12.3. The molecule has 0 spiro atoms. The molecule has 1 aromatic carbocycles. The minimum absolute atomic E-state index is 0.339. The predicted molar refractivity (Wildman–Crippen MR) is 105 cm³/mol. The van der Waals surface area contributed by atoms with E-state index in [2.05, 4.69) is 33.3 Å². The van der Waals surface area contributed by atoms with Gasteiger partial charge in [-0.2, -0.15) is 0 Å². The van der Waals surface area contributed by atoms with Crippen molar-refractivity contribution in [3.63, 3.8) is 0 Å². The van der Waals surface area contributed by atoms with Gasteiger partial charge in [0, 0.05) is 50.7 Å². The number of hydrogen-bond donors (Lipinski definition) is 1. The monoisotopic (exact) mass is 357 g/mol. The number of nitrogens with zero attached hydrogens (tertiary/aromatic N) is 2. The number of para-hydroxylation sites is 1. The van der Waals surface area contributed by atoms with Gasteiger partial charge in [-0.15, -0.1) is 0 Å². The van der Waals surface area contributed by atoms with Crippen molar-refractivity contribution in [2.45, 2.75) is 25.3 Å². The molecule has 2 saturated heterocycles. The van der Waals surface area contributed by atoms with Crippen molar-refractivity contribution in [2.24, 2.45) is 5.92 Å². The minimum atomic E-state index is 0.339. The van der Waals surface area contributed by atoms with E-state index < -0.39 is 0 Å². The Morgan fingerprint density at radius 2 is 2.15 bits per heavy atom. The molecule has 2 fully saturated rings. The topological polar surface area (TPSA) is 44.8 Å². The van der Waals surface area contributed by atoms with E-state index in [1.54, 1.807) is 7.11 Å². The summed E-state index contributed by atoms with van der Waals surface area (Å²) in [5.74, 6) is 1.86. The highest BCUT2D eigenvalue weighted by molar-refractivity contribution is 5.77. The zero-order valence-corrected chi connectivity index (χ0v) is 16.0. The van der Waals surface area contributed by atoms with E-state index in [-0.39, 0.29) is 0 Å². The largest absolute Gasteiger partial charge is 0.496 e. The standard InChI is InChI=1S/C21H31N3O2/c1-22-12-15-24-19-11-14-23(16-18(19)9-10-21(24)25)13-5-7-17-6-3-4-8-20(17)26-2/h3-8,18-19,22H,9-16H2,1-2H3/t18-,19+/m0/s1. The molecule has 2 aliphatic heterocycles. The molecule has 26 heavy (non-hydrogen) atoms. The number of hydrogen-bond acceptors (Lipinski definition) is 4. The first kappa shape index (κ1) is 18.9. The SMILES string of the molecule is CNCCN1C(=O)CC[C@H]2CN(CC=Cc3ccccc3OC)CC[C@H]21. The molecule has 0 radical (unpaired) electrons. The molecule has 0 aromatic heterocycles. The van der Waals surface area contributed by atoms with Crippen molar-refractivity contribution in [2.75, 3.05) is 46.9 Å². The van der Waals surface area contributed by atoms with Crippen molar-refractivity contribution in [3.8, 4) is 5.75 Å². The number of ether oxygens (including phenoxy) is 1. The van der Waals surface area contributed by atoms with Crippen LogP contribution in [0.25, 0.3) is 6.08 Å². The number of fused-ring (bicyclic) bond motifs is 1. The quantitative estimate of drug-likeness (QED) is 0.813. The van der Waals surface area contributed by atoms with Crippen molar-refractivity contribution in [1.82, 2.24) is 15.1 Å². The molecular formula is C21H31N3O2. The van der Waals surface area contributed by atoms with Gasteiger partial charge in [-0.05, 0) is 31.9 Å². The Hall–Kier alpha value is -1.85. The average molecular weight is 357 g/mol. The third-order valence-corrected chi connectivity index (χ3v) is 5.63. The van der Waals surface area contributed by atoms with E-state index in [0.717, 1.165) is 56.9 Å². The Kier molecular flexibility index (Phi) is 6.69. The number of benzene rings is 1. The van der Waals surface area contributed by atoms with E-state index in [1.165, 1.54) is 0 Å². The molecule has 1 aromatic rings. The molecule has 142 valence electrons. The van der Waals surface area contributed by atoms with Crippen molar-refractivity contribution >= 4 is 12.0 Å². The van der Waals surface area contributed by atoms with Crippen LogP contribution >= 0.6 is 0 Å². The van der Waals surface area contributed by atoms with Gasteiger partial charge in [-0.3, -0.25) is 9.69 Å². The molecule has 5 nitrogen and oxygen atoms in total. The number of carbonyl (C=O) groups excluding carboxylic acids is 1. The lowest BCUT2D eigenvalue weighted by atomic mass is 9.83. The van der Waals surface area contributed by atoms with Crippen molar-refractivity contribution < 1.29 is 9.53 Å². The smallest absolute Gasteiger partial charge is 0.222 e. The third kappa shape index (κ3) is 4.46. The Balaban J connectivity index is 1.55. The summed E-state index contributed by atoms with van der Waals surface area (Å²) in [4.78, 5) is 16.9. The number of amides is 1. The highest BCUT2D eigenvalue weighted by Crippen LogP contribution is 2.31. The van der Waals surface area contributed by atoms with Crippen LogP contribution in [0, 0.1) is 5.92 Å². The summed E-state index contributed by atoms with van der Waals surface area (Å²) >= 11 is 0. The van der Waals surface area contributed by atoms with Crippen LogP contribution in [0.2, 0.25) is 0 Å². The summed E-state index contributed by atoms with van der Waals surface area (Å²) in [7, 11) is 3.66. The molecule has 2 atom stereocenters. The molecule has 3 rings (SSSR count). The first-order valence-electron chi connectivity index (χ1n) is 9.69. The van der Waals surface area contributed by atoms with Gasteiger partial charge in [0.05, 0.1) is 7.11 Å². The Morgan fingerprint density at radius 3 is 2.96 bits per heavy atom. The van der Waals surface area contributed by atoms with Crippen molar-refractivity contribution in [1.29, 1.82) is 0 Å². The van der Waals surface area contributed by atoms with E-state index in [9.17, 15) is 4.79 Å². The second-order valence-corrected chi connectivity index (χ2v) is 7.25. The zero-order chi connectivity index (χ0) is 18.4. The zero-order valence-electron chi connectivity index (χ0n) is 16.0. The third-order valence-electron chi connectivity index (χ3n) is 5.63. The van der Waals surface area contributed by atoms with Crippen molar-refractivity contribution in [3.05, 3.63) is 35.9 Å². The fraction of sp³-hybridized carbons (Fsp3) is 0.571. The minimum Gasteiger partial charge on any atom is -0.496 e. The first-order chi connectivity index (χ1) is 12.7. The van der Waals surface area contributed by atoms with Crippen LogP contribution in [-0.2, 0) is 4.79 Å². The Morgan fingerprint density at radius 1 is 1.31 bits per heavy atom. The van der Waals surface area contributed by atoms with Gasteiger partial charge in [-0.1, -0.05) is 30.4 Å². The van der Waals surface area contributed by atoms with Gasteiger partial charge in [0.15, 0.2) is 0 Å². The van der Waals surface area contributed by atoms with Gasteiger partial charge in [0.1, 0.15) is 5.75 Å². The number of methoxy groups -OCH3 is 1. The molecule has 0 saturated carbocycles. The molecule has 5 heteroatoms. The second-order valence-electron chi connectivity index (χ2n) is 7.25. The highest BCUT2D eigenvalue weighted by Gasteiger charge is 2.38. The van der Waals surface area contributed by atoms with E-state index in [0.29, 0.717) is 24.3 Å². The molecule has 0 bridgehead atoms. The van der Waals surface area contributed by atoms with Crippen LogP contribution in [0.3, 0.4) is 0 Å². The molecular weight excluding hydrogens is 326 g/mol. The van der Waals surface area contributed by atoms with Gasteiger partial charge in [-0.25, -0.2) is 0 Å². The lowest BCUT2D eigenvalue weighted by molar-refractivity contribution is -0.140. The fourth-order valence-corrected chi connectivity index (χ4v) is 4.25. The summed E-state index contributed by atoms with van der Waals surface area (Å²) in [6.45, 7) is 4.81. The van der Waals surface area contributed by atoms with Gasteiger partial charge in [0.2, 0.25) is 5.91 Å². The summed E-state index contributed by atoms with van der Waals surface area (Å²) in [5.41, 5.74) is 1.12. The Bertz CT molecular complexity index is 631. The summed E-state index contributed by atoms with van der Waals surface area (Å²) in [5, 5.41) is 3.17. The molecule has 1 N–H and O–H groups in total. The van der Waals surface area contributed by atoms with E-state index in [4.69, 9.17) is 4.74 Å². The molecule has 0 aliphatic carbocycles. The molecule has 2 heterocycles. The van der Waals surface area contributed by atoms with E-state index in [1.807, 2.05) is 25.2 Å². The highest BCUT2D eigenvalue weighted by atomic mass is 16.5. The van der Waals surface area contributed by atoms with E-state index >= 15 is 0 Å². The van der Waals surface area contributed by atoms with Gasteiger partial charge in [0.25, 0.3) is 0 Å². The summed E-state index contributed by atoms with van der Waals surface area (Å²) < 4.78 is 5.41. The van der Waals surface area contributed by atoms with Crippen LogP contribution in [-0.4, -0.2) is 68.6 Å². The average Bonchev–Trinajstić information content (AvgIpc) is 2.67. The number of nitrogens with one attached hydrogen (secondary N) is 1. The first-order valence-corrected chi connectivity index (χ1v) is 9.69. The molecule has 2 aliphatic rings. The number of likely N-dealkylation sites (tertiary alicyclic amines) is 2. The maximum absolute atomic E-state index is 12.3. The predicted octanol–water partition coefficient (Wildman–Crippen LogP) is 2.24. The van der Waals surface area contributed by atoms with Crippen LogP contribution in [0.4, 0.5) is 0 Å². The summed E-state index contributed by atoms with van der Waals surface area (Å²) in [6, 6.07) is 8.52.